The van der Waals surface area contributed by atoms with Crippen molar-refractivity contribution in [3.05, 3.63) is 35.9 Å². The molecule has 0 saturated heterocycles. The van der Waals surface area contributed by atoms with Crippen molar-refractivity contribution in [1.82, 2.24) is 5.32 Å². The van der Waals surface area contributed by atoms with Gasteiger partial charge in [-0.25, -0.2) is 9.59 Å². The molecule has 8 heteroatoms. The van der Waals surface area contributed by atoms with Crippen LogP contribution in [-0.2, 0) is 9.59 Å². The Hall–Kier alpha value is -2.58. The highest BCUT2D eigenvalue weighted by Gasteiger charge is 2.08. The normalized spacial score (nSPS) is 11.5. The second kappa shape index (κ2) is 9.34. The number of phenolic OH excluding ortho intramolecular Hbond substituents is 2. The van der Waals surface area contributed by atoms with Gasteiger partial charge >= 0.3 is 11.9 Å². The number of hydrogen-bond donors (Lipinski definition) is 6. The summed E-state index contributed by atoms with van der Waals surface area (Å²) in [5.74, 6) is -2.91. The highest BCUT2D eigenvalue weighted by Crippen LogP contribution is 2.27. The molecule has 0 spiro atoms. The fourth-order valence-electron chi connectivity index (χ4n) is 1.20. The molecule has 0 saturated carbocycles. The molecule has 21 heavy (non-hydrogen) atoms. The molecule has 0 radical (unpaired) electrons. The first-order valence-corrected chi connectivity index (χ1v) is 5.76. The van der Waals surface area contributed by atoms with Crippen molar-refractivity contribution in [3.8, 4) is 11.5 Å². The molecule has 0 bridgehead atoms. The summed E-state index contributed by atoms with van der Waals surface area (Å²) >= 11 is 0. The van der Waals surface area contributed by atoms with Crippen molar-refractivity contribution < 1.29 is 35.1 Å². The Balaban J connectivity index is 0.000000433. The molecule has 0 fully saturated rings. The van der Waals surface area contributed by atoms with Crippen LogP contribution < -0.4 is 5.32 Å². The molecule has 1 atom stereocenters. The number of rotatable bonds is 5. The van der Waals surface area contributed by atoms with Gasteiger partial charge in [-0.05, 0) is 24.7 Å². The molecule has 0 amide bonds. The summed E-state index contributed by atoms with van der Waals surface area (Å²) in [7, 11) is 1.73. The molecule has 1 aromatic rings. The van der Waals surface area contributed by atoms with Gasteiger partial charge in [-0.3, -0.25) is 0 Å². The summed E-state index contributed by atoms with van der Waals surface area (Å²) in [6.07, 6.45) is 0.446. The van der Waals surface area contributed by atoms with Gasteiger partial charge < -0.3 is 30.8 Å². The minimum absolute atomic E-state index is 0.180. The van der Waals surface area contributed by atoms with Gasteiger partial charge in [0, 0.05) is 18.7 Å². The van der Waals surface area contributed by atoms with Crippen molar-refractivity contribution in [2.24, 2.45) is 0 Å². The van der Waals surface area contributed by atoms with Crippen LogP contribution >= 0.6 is 0 Å². The highest BCUT2D eigenvalue weighted by molar-refractivity contribution is 5.89. The Morgan fingerprint density at radius 1 is 1.14 bits per heavy atom. The van der Waals surface area contributed by atoms with Gasteiger partial charge in [-0.1, -0.05) is 6.07 Å². The summed E-state index contributed by atoms with van der Waals surface area (Å²) in [5.41, 5.74) is 0.574. The lowest BCUT2D eigenvalue weighted by Gasteiger charge is -2.10. The number of nitrogens with one attached hydrogen (secondary N) is 1. The zero-order valence-corrected chi connectivity index (χ0v) is 11.2. The lowest BCUT2D eigenvalue weighted by Crippen LogP contribution is -2.16. The maximum atomic E-state index is 9.55. The third-order valence-electron chi connectivity index (χ3n) is 2.15. The number of hydrogen-bond acceptors (Lipinski definition) is 6. The molecule has 8 nitrogen and oxygen atoms in total. The van der Waals surface area contributed by atoms with Crippen molar-refractivity contribution in [2.45, 2.75) is 6.10 Å². The number of aromatic hydroxyl groups is 2. The number of aliphatic hydroxyl groups excluding tert-OH is 1. The van der Waals surface area contributed by atoms with E-state index >= 15 is 0 Å². The topological polar surface area (TPSA) is 147 Å². The van der Waals surface area contributed by atoms with Gasteiger partial charge in [-0.15, -0.1) is 0 Å². The molecule has 1 unspecified atom stereocenters. The Labute approximate surface area is 120 Å². The first-order chi connectivity index (χ1) is 9.77. The fraction of sp³-hybridized carbons (Fsp3) is 0.231. The van der Waals surface area contributed by atoms with Crippen LogP contribution in [0.25, 0.3) is 0 Å². The summed E-state index contributed by atoms with van der Waals surface area (Å²) in [6.45, 7) is 0.407. The molecular formula is C13H17NO7. The average Bonchev–Trinajstić information content (AvgIpc) is 2.40. The van der Waals surface area contributed by atoms with E-state index in [1.54, 1.807) is 13.1 Å². The summed E-state index contributed by atoms with van der Waals surface area (Å²) in [4.78, 5) is 19.1. The predicted octanol–water partition coefficient (Wildman–Crippen LogP) is 0.0624. The van der Waals surface area contributed by atoms with Crippen molar-refractivity contribution in [1.29, 1.82) is 0 Å². The van der Waals surface area contributed by atoms with E-state index in [1.165, 1.54) is 12.1 Å². The van der Waals surface area contributed by atoms with E-state index in [0.717, 1.165) is 0 Å². The molecule has 116 valence electrons. The third-order valence-corrected chi connectivity index (χ3v) is 2.15. The third kappa shape index (κ3) is 8.24. The number of carboxylic acids is 2. The van der Waals surface area contributed by atoms with E-state index in [0.29, 0.717) is 24.3 Å². The maximum absolute atomic E-state index is 9.55. The van der Waals surface area contributed by atoms with Gasteiger partial charge in [0.2, 0.25) is 0 Å². The number of likely N-dealkylation sites (N-methyl/N-ethyl adjacent to an activating group) is 1. The van der Waals surface area contributed by atoms with Crippen LogP contribution in [0.2, 0.25) is 0 Å². The predicted molar refractivity (Wildman–Crippen MR) is 73.1 cm³/mol. The van der Waals surface area contributed by atoms with Crippen LogP contribution in [-0.4, -0.2) is 51.1 Å². The first kappa shape index (κ1) is 18.4. The lowest BCUT2D eigenvalue weighted by molar-refractivity contribution is -0.134. The average molecular weight is 299 g/mol. The maximum Gasteiger partial charge on any atom is 0.328 e. The molecule has 0 heterocycles. The molecule has 1 aromatic carbocycles. The lowest BCUT2D eigenvalue weighted by atomic mass is 10.1. The molecule has 0 aliphatic rings. The summed E-state index contributed by atoms with van der Waals surface area (Å²) in [5, 5.41) is 46.1. The van der Waals surface area contributed by atoms with Gasteiger partial charge in [0.25, 0.3) is 0 Å². The van der Waals surface area contributed by atoms with E-state index in [2.05, 4.69) is 5.32 Å². The van der Waals surface area contributed by atoms with E-state index in [-0.39, 0.29) is 11.5 Å². The minimum Gasteiger partial charge on any atom is -0.504 e. The van der Waals surface area contributed by atoms with Crippen molar-refractivity contribution in [3.63, 3.8) is 0 Å². The van der Waals surface area contributed by atoms with Gasteiger partial charge in [-0.2, -0.15) is 0 Å². The Morgan fingerprint density at radius 3 is 2.05 bits per heavy atom. The largest absolute Gasteiger partial charge is 0.504 e. The number of benzene rings is 1. The van der Waals surface area contributed by atoms with E-state index in [9.17, 15) is 14.7 Å². The molecule has 6 N–H and O–H groups in total. The number of carboxylic acid groups (broad SMARTS) is 2. The molecule has 1 rings (SSSR count). The molecule has 0 aliphatic carbocycles. The fourth-order valence-corrected chi connectivity index (χ4v) is 1.20. The number of phenols is 2. The summed E-state index contributed by atoms with van der Waals surface area (Å²) < 4.78 is 0. The van der Waals surface area contributed by atoms with Gasteiger partial charge in [0.1, 0.15) is 0 Å². The second-order valence-electron chi connectivity index (χ2n) is 3.83. The minimum atomic E-state index is -1.26. The Kier molecular flexibility index (Phi) is 8.20. The zero-order valence-electron chi connectivity index (χ0n) is 11.2. The highest BCUT2D eigenvalue weighted by atomic mass is 16.4. The standard InChI is InChI=1S/C9H13NO3.C4H4O4/c1-10-5-9(13)6-2-3-7(11)8(12)4-6;5-3(6)1-2-4(7)8/h2-4,9-13H,5H2,1H3;1-2H,(H,5,6)(H,7,8). The summed E-state index contributed by atoms with van der Waals surface area (Å²) in [6, 6.07) is 4.26. The van der Waals surface area contributed by atoms with Crippen molar-refractivity contribution >= 4 is 11.9 Å². The SMILES string of the molecule is CNCC(O)c1ccc(O)c(O)c1.O=C(O)C=CC(=O)O. The number of aliphatic hydroxyl groups is 1. The second-order valence-corrected chi connectivity index (χ2v) is 3.83. The quantitative estimate of drug-likeness (QED) is 0.330. The monoisotopic (exact) mass is 299 g/mol. The van der Waals surface area contributed by atoms with E-state index in [1.807, 2.05) is 0 Å². The Bertz CT molecular complexity index is 497. The van der Waals surface area contributed by atoms with Gasteiger partial charge in [0.15, 0.2) is 11.5 Å². The van der Waals surface area contributed by atoms with Crippen molar-refractivity contribution in [2.75, 3.05) is 13.6 Å². The van der Waals surface area contributed by atoms with Crippen LogP contribution in [0.5, 0.6) is 11.5 Å². The Morgan fingerprint density at radius 2 is 1.67 bits per heavy atom. The molecular weight excluding hydrogens is 282 g/mol. The smallest absolute Gasteiger partial charge is 0.328 e. The van der Waals surface area contributed by atoms with Crippen LogP contribution in [0.15, 0.2) is 30.4 Å². The van der Waals surface area contributed by atoms with Crippen LogP contribution in [0, 0.1) is 0 Å². The number of carbonyl (C=O) groups is 2. The molecule has 0 aromatic heterocycles. The van der Waals surface area contributed by atoms with E-state index < -0.39 is 18.0 Å². The first-order valence-electron chi connectivity index (χ1n) is 5.76. The number of aliphatic carboxylic acids is 2. The van der Waals surface area contributed by atoms with Crippen LogP contribution in [0.1, 0.15) is 11.7 Å². The van der Waals surface area contributed by atoms with Crippen LogP contribution in [0.3, 0.4) is 0 Å². The zero-order chi connectivity index (χ0) is 16.4. The van der Waals surface area contributed by atoms with E-state index in [4.69, 9.17) is 20.4 Å². The van der Waals surface area contributed by atoms with Crippen LogP contribution in [0.4, 0.5) is 0 Å². The molecule has 0 aliphatic heterocycles. The van der Waals surface area contributed by atoms with Gasteiger partial charge in [0.05, 0.1) is 6.10 Å².